The van der Waals surface area contributed by atoms with Crippen LogP contribution in [-0.4, -0.2) is 59.8 Å². The van der Waals surface area contributed by atoms with Crippen molar-refractivity contribution < 1.29 is 32.3 Å². The highest BCUT2D eigenvalue weighted by molar-refractivity contribution is 6.35. The van der Waals surface area contributed by atoms with E-state index in [9.17, 15) is 32.3 Å². The van der Waals surface area contributed by atoms with Gasteiger partial charge in [-0.25, -0.2) is 4.79 Å². The molecule has 0 saturated carbocycles. The molecule has 0 unspecified atom stereocenters. The number of aromatic nitrogens is 1. The van der Waals surface area contributed by atoms with Gasteiger partial charge in [0.25, 0.3) is 17.7 Å². The zero-order valence-corrected chi connectivity index (χ0v) is 28.8. The number of halogens is 3. The van der Waals surface area contributed by atoms with Crippen LogP contribution in [0.25, 0.3) is 11.6 Å². The largest absolute Gasteiger partial charge is 0.416 e. The van der Waals surface area contributed by atoms with E-state index < -0.39 is 23.7 Å². The third-order valence-corrected chi connectivity index (χ3v) is 9.16. The minimum Gasteiger partial charge on any atom is -0.358 e. The van der Waals surface area contributed by atoms with Gasteiger partial charge < -0.3 is 36.5 Å². The molecule has 0 radical (unpaired) electrons. The number of benzene rings is 3. The Bertz CT molecular complexity index is 2100. The first kappa shape index (κ1) is 35.9. The van der Waals surface area contributed by atoms with Gasteiger partial charge in [0.05, 0.1) is 22.4 Å². The molecule has 6 N–H and O–H groups in total. The molecule has 4 aromatic rings. The number of carbonyl (C=O) groups is 4. The fourth-order valence-electron chi connectivity index (χ4n) is 6.40. The smallest absolute Gasteiger partial charge is 0.358 e. The van der Waals surface area contributed by atoms with Gasteiger partial charge in [-0.2, -0.15) is 13.2 Å². The number of aromatic amines is 1. The van der Waals surface area contributed by atoms with Crippen molar-refractivity contribution >= 4 is 58.2 Å². The van der Waals surface area contributed by atoms with Crippen molar-refractivity contribution in [3.63, 3.8) is 0 Å². The van der Waals surface area contributed by atoms with Crippen molar-refractivity contribution in [1.82, 2.24) is 15.2 Å². The number of carbonyl (C=O) groups excluding carboxylic acids is 4. The quantitative estimate of drug-likeness (QED) is 0.102. The van der Waals surface area contributed by atoms with E-state index in [1.165, 1.54) is 25.0 Å². The molecule has 11 nitrogen and oxygen atoms in total. The number of aryl methyl sites for hydroxylation is 2. The average Bonchev–Trinajstić information content (AvgIpc) is 3.79. The second-order valence-corrected chi connectivity index (χ2v) is 12.9. The van der Waals surface area contributed by atoms with E-state index in [0.717, 1.165) is 43.4 Å². The Kier molecular flexibility index (Phi) is 10.2. The summed E-state index contributed by atoms with van der Waals surface area (Å²) in [7, 11) is 0. The number of amides is 5. The zero-order chi connectivity index (χ0) is 37.2. The Morgan fingerprint density at radius 3 is 2.37 bits per heavy atom. The van der Waals surface area contributed by atoms with Gasteiger partial charge in [-0.05, 0) is 106 Å². The standard InChI is InChI=1S/C38H38F3N7O4/c1-21-9-10-26(44-34(49)24-7-6-8-25(17-24)38(39,40)41)18-30(21)47-37(52)45-27-11-12-28-29(35(50)46-32(28)19-27)20-31-22(2)33(23(3)43-31)36(51)42-13-16-48-14-4-5-15-48/h6-12,17-20,43H,4-5,13-16H2,1-3H3,(H,42,51)(H,44,49)(H,46,50)(H2,45,47,52). The van der Waals surface area contributed by atoms with Crippen LogP contribution in [0.15, 0.2) is 60.7 Å². The molecule has 2 aliphatic heterocycles. The first-order valence-corrected chi connectivity index (χ1v) is 16.8. The maximum atomic E-state index is 13.1. The summed E-state index contributed by atoms with van der Waals surface area (Å²) in [6.07, 6.45) is -0.506. The number of fused-ring (bicyclic) bond motifs is 1. The molecular formula is C38H38F3N7O4. The number of nitrogens with zero attached hydrogens (tertiary/aromatic N) is 1. The lowest BCUT2D eigenvalue weighted by molar-refractivity contribution is -0.137. The number of anilines is 4. The third kappa shape index (κ3) is 8.02. The Hall–Kier alpha value is -5.89. The van der Waals surface area contributed by atoms with Crippen molar-refractivity contribution in [2.75, 3.05) is 47.4 Å². The van der Waals surface area contributed by atoms with E-state index in [-0.39, 0.29) is 23.1 Å². The minimum absolute atomic E-state index is 0.165. The van der Waals surface area contributed by atoms with Crippen LogP contribution in [0.2, 0.25) is 0 Å². The summed E-state index contributed by atoms with van der Waals surface area (Å²) >= 11 is 0. The molecule has 14 heteroatoms. The fraction of sp³-hybridized carbons (Fsp3) is 0.263. The molecule has 0 spiro atoms. The summed E-state index contributed by atoms with van der Waals surface area (Å²) < 4.78 is 39.3. The maximum absolute atomic E-state index is 13.1. The number of nitrogens with one attached hydrogen (secondary N) is 6. The second kappa shape index (κ2) is 14.8. The molecule has 0 aliphatic carbocycles. The summed E-state index contributed by atoms with van der Waals surface area (Å²) in [6, 6.07) is 13.2. The van der Waals surface area contributed by atoms with Crippen molar-refractivity contribution in [2.24, 2.45) is 0 Å². The van der Waals surface area contributed by atoms with Crippen LogP contribution in [0.4, 0.5) is 40.7 Å². The van der Waals surface area contributed by atoms with Crippen LogP contribution in [0.5, 0.6) is 0 Å². The van der Waals surface area contributed by atoms with E-state index in [1.54, 1.807) is 43.3 Å². The number of urea groups is 1. The van der Waals surface area contributed by atoms with Crippen molar-refractivity contribution in [3.8, 4) is 0 Å². The number of hydrogen-bond acceptors (Lipinski definition) is 5. The Balaban J connectivity index is 1.10. The Labute approximate surface area is 298 Å². The molecule has 0 atom stereocenters. The predicted molar refractivity (Wildman–Crippen MR) is 194 cm³/mol. The highest BCUT2D eigenvalue weighted by atomic mass is 19.4. The van der Waals surface area contributed by atoms with Gasteiger partial charge in [-0.1, -0.05) is 18.2 Å². The molecule has 1 aromatic heterocycles. The molecule has 270 valence electrons. The maximum Gasteiger partial charge on any atom is 0.416 e. The molecule has 6 rings (SSSR count). The predicted octanol–water partition coefficient (Wildman–Crippen LogP) is 7.17. The summed E-state index contributed by atoms with van der Waals surface area (Å²) in [5.74, 6) is -1.24. The van der Waals surface area contributed by atoms with Gasteiger partial charge in [0.15, 0.2) is 0 Å². The molecule has 1 fully saturated rings. The van der Waals surface area contributed by atoms with E-state index in [4.69, 9.17) is 0 Å². The van der Waals surface area contributed by atoms with Gasteiger partial charge in [-0.3, -0.25) is 14.4 Å². The minimum atomic E-state index is -4.59. The first-order valence-electron chi connectivity index (χ1n) is 16.8. The highest BCUT2D eigenvalue weighted by Gasteiger charge is 2.31. The number of hydrogen-bond donors (Lipinski definition) is 6. The SMILES string of the molecule is Cc1ccc(NC(=O)c2cccc(C(F)(F)F)c2)cc1NC(=O)Nc1ccc2c(c1)NC(=O)C2=Cc1[nH]c(C)c(C(=O)NCCN2CCCC2)c1C. The average molecular weight is 714 g/mol. The summed E-state index contributed by atoms with van der Waals surface area (Å²) in [6.45, 7) is 8.88. The van der Waals surface area contributed by atoms with Crippen LogP contribution >= 0.6 is 0 Å². The fourth-order valence-corrected chi connectivity index (χ4v) is 6.40. The molecule has 0 bridgehead atoms. The Morgan fingerprint density at radius 1 is 0.885 bits per heavy atom. The van der Waals surface area contributed by atoms with Crippen LogP contribution in [0.1, 0.15) is 67.2 Å². The van der Waals surface area contributed by atoms with Crippen molar-refractivity contribution in [1.29, 1.82) is 0 Å². The van der Waals surface area contributed by atoms with Crippen molar-refractivity contribution in [3.05, 3.63) is 105 Å². The molecular weight excluding hydrogens is 675 g/mol. The van der Waals surface area contributed by atoms with Gasteiger partial charge in [-0.15, -0.1) is 0 Å². The number of likely N-dealkylation sites (tertiary alicyclic amines) is 1. The third-order valence-electron chi connectivity index (χ3n) is 9.16. The molecule has 5 amide bonds. The number of H-pyrrole nitrogens is 1. The summed E-state index contributed by atoms with van der Waals surface area (Å²) in [5, 5.41) is 13.9. The Morgan fingerprint density at radius 2 is 1.62 bits per heavy atom. The lowest BCUT2D eigenvalue weighted by Gasteiger charge is -2.14. The number of rotatable bonds is 9. The molecule has 2 aliphatic rings. The second-order valence-electron chi connectivity index (χ2n) is 12.9. The van der Waals surface area contributed by atoms with Gasteiger partial charge in [0.1, 0.15) is 0 Å². The monoisotopic (exact) mass is 713 g/mol. The van der Waals surface area contributed by atoms with E-state index in [1.807, 2.05) is 13.8 Å². The molecule has 52 heavy (non-hydrogen) atoms. The van der Waals surface area contributed by atoms with Crippen LogP contribution in [0, 0.1) is 20.8 Å². The van der Waals surface area contributed by atoms with Gasteiger partial charge in [0.2, 0.25) is 0 Å². The van der Waals surface area contributed by atoms with Crippen LogP contribution < -0.4 is 26.6 Å². The summed E-state index contributed by atoms with van der Waals surface area (Å²) in [5.41, 5.74) is 4.72. The topological polar surface area (TPSA) is 147 Å². The van der Waals surface area contributed by atoms with Crippen LogP contribution in [-0.2, 0) is 11.0 Å². The normalized spacial score (nSPS) is 15.0. The van der Waals surface area contributed by atoms with E-state index >= 15 is 0 Å². The lowest BCUT2D eigenvalue weighted by Crippen LogP contribution is -2.33. The van der Waals surface area contributed by atoms with E-state index in [0.29, 0.717) is 57.3 Å². The lowest BCUT2D eigenvalue weighted by atomic mass is 10.0. The van der Waals surface area contributed by atoms with Crippen LogP contribution in [0.3, 0.4) is 0 Å². The van der Waals surface area contributed by atoms with E-state index in [2.05, 4.69) is 36.5 Å². The zero-order valence-electron chi connectivity index (χ0n) is 28.8. The van der Waals surface area contributed by atoms with Crippen molar-refractivity contribution in [2.45, 2.75) is 39.8 Å². The summed E-state index contributed by atoms with van der Waals surface area (Å²) in [4.78, 5) is 57.4. The molecule has 3 aromatic carbocycles. The molecule has 3 heterocycles. The highest BCUT2D eigenvalue weighted by Crippen LogP contribution is 2.36. The first-order chi connectivity index (χ1) is 24.8. The molecule has 1 saturated heterocycles. The van der Waals surface area contributed by atoms with Gasteiger partial charge in [0, 0.05) is 52.7 Å². The number of alkyl halides is 3. The van der Waals surface area contributed by atoms with Gasteiger partial charge >= 0.3 is 12.2 Å².